The minimum Gasteiger partial charge on any atom is -0.496 e. The van der Waals surface area contributed by atoms with Crippen molar-refractivity contribution in [2.24, 2.45) is 11.7 Å². The van der Waals surface area contributed by atoms with Gasteiger partial charge in [-0.3, -0.25) is 0 Å². The summed E-state index contributed by atoms with van der Waals surface area (Å²) in [6, 6.07) is 2.12. The van der Waals surface area contributed by atoms with E-state index in [-0.39, 0.29) is 6.04 Å². The molecule has 1 saturated heterocycles. The van der Waals surface area contributed by atoms with Gasteiger partial charge in [-0.05, 0) is 12.5 Å². The Morgan fingerprint density at radius 2 is 2.57 bits per heavy atom. The van der Waals surface area contributed by atoms with E-state index in [1.165, 1.54) is 4.88 Å². The molecule has 1 fully saturated rings. The third-order valence-corrected chi connectivity index (χ3v) is 3.65. The lowest BCUT2D eigenvalue weighted by Gasteiger charge is -2.15. The monoisotopic (exact) mass is 213 g/mol. The Hall–Kier alpha value is -0.580. The number of ether oxygens (including phenoxy) is 2. The predicted octanol–water partition coefficient (Wildman–Crippen LogP) is 1.79. The van der Waals surface area contributed by atoms with Crippen LogP contribution in [0.2, 0.25) is 0 Å². The molecule has 1 aliphatic heterocycles. The summed E-state index contributed by atoms with van der Waals surface area (Å²) in [5.41, 5.74) is 6.14. The van der Waals surface area contributed by atoms with Crippen LogP contribution in [0.1, 0.15) is 17.3 Å². The van der Waals surface area contributed by atoms with Gasteiger partial charge in [-0.25, -0.2) is 0 Å². The van der Waals surface area contributed by atoms with E-state index in [1.54, 1.807) is 18.4 Å². The lowest BCUT2D eigenvalue weighted by molar-refractivity contribution is 0.181. The second-order valence-electron chi connectivity index (χ2n) is 3.54. The van der Waals surface area contributed by atoms with Crippen LogP contribution in [0.5, 0.6) is 5.75 Å². The molecule has 0 aromatic carbocycles. The van der Waals surface area contributed by atoms with Gasteiger partial charge in [-0.1, -0.05) is 0 Å². The first kappa shape index (κ1) is 9.96. The van der Waals surface area contributed by atoms with Crippen LogP contribution in [0.4, 0.5) is 0 Å². The molecule has 0 saturated carbocycles. The van der Waals surface area contributed by atoms with E-state index in [4.69, 9.17) is 15.2 Å². The predicted molar refractivity (Wildman–Crippen MR) is 56.7 cm³/mol. The second kappa shape index (κ2) is 4.29. The molecule has 1 aromatic rings. The maximum Gasteiger partial charge on any atom is 0.129 e. The van der Waals surface area contributed by atoms with E-state index in [9.17, 15) is 0 Å². The fourth-order valence-electron chi connectivity index (χ4n) is 1.68. The average molecular weight is 213 g/mol. The molecule has 0 bridgehead atoms. The molecule has 2 N–H and O–H groups in total. The molecule has 14 heavy (non-hydrogen) atoms. The first-order valence-electron chi connectivity index (χ1n) is 4.77. The van der Waals surface area contributed by atoms with Crippen molar-refractivity contribution in [3.63, 3.8) is 0 Å². The van der Waals surface area contributed by atoms with Crippen LogP contribution in [0.3, 0.4) is 0 Å². The number of thiophene rings is 1. The summed E-state index contributed by atoms with van der Waals surface area (Å²) in [7, 11) is 1.68. The highest BCUT2D eigenvalue weighted by molar-refractivity contribution is 7.10. The number of hydrogen-bond acceptors (Lipinski definition) is 4. The van der Waals surface area contributed by atoms with Crippen molar-refractivity contribution in [1.29, 1.82) is 0 Å². The normalized spacial score (nSPS) is 23.7. The highest BCUT2D eigenvalue weighted by Gasteiger charge is 2.25. The smallest absolute Gasteiger partial charge is 0.129 e. The topological polar surface area (TPSA) is 44.5 Å². The summed E-state index contributed by atoms with van der Waals surface area (Å²) >= 11 is 1.66. The van der Waals surface area contributed by atoms with E-state index in [1.807, 2.05) is 11.4 Å². The Morgan fingerprint density at radius 3 is 3.14 bits per heavy atom. The van der Waals surface area contributed by atoms with E-state index in [0.717, 1.165) is 25.4 Å². The van der Waals surface area contributed by atoms with Crippen LogP contribution >= 0.6 is 11.3 Å². The zero-order valence-electron chi connectivity index (χ0n) is 8.23. The molecule has 2 rings (SSSR count). The van der Waals surface area contributed by atoms with E-state index in [2.05, 4.69) is 0 Å². The summed E-state index contributed by atoms with van der Waals surface area (Å²) in [5.74, 6) is 1.37. The fourth-order valence-corrected chi connectivity index (χ4v) is 2.63. The van der Waals surface area contributed by atoms with Gasteiger partial charge in [-0.15, -0.1) is 11.3 Å². The molecule has 1 aromatic heterocycles. The van der Waals surface area contributed by atoms with Gasteiger partial charge >= 0.3 is 0 Å². The minimum absolute atomic E-state index is 0.103. The Bertz CT molecular complexity index is 294. The number of nitrogens with two attached hydrogens (primary N) is 1. The fraction of sp³-hybridized carbons (Fsp3) is 0.600. The molecule has 0 aliphatic carbocycles. The third-order valence-electron chi connectivity index (χ3n) is 2.63. The van der Waals surface area contributed by atoms with Crippen LogP contribution in [0.25, 0.3) is 0 Å². The lowest BCUT2D eigenvalue weighted by atomic mass is 9.99. The summed E-state index contributed by atoms with van der Waals surface area (Å²) in [6.07, 6.45) is 1.07. The van der Waals surface area contributed by atoms with Crippen LogP contribution in [0.15, 0.2) is 11.4 Å². The van der Waals surface area contributed by atoms with Gasteiger partial charge in [0, 0.05) is 28.8 Å². The molecular weight excluding hydrogens is 198 g/mol. The van der Waals surface area contributed by atoms with Crippen molar-refractivity contribution in [2.75, 3.05) is 20.3 Å². The summed E-state index contributed by atoms with van der Waals surface area (Å²) in [4.78, 5) is 1.19. The number of hydrogen-bond donors (Lipinski definition) is 1. The molecule has 0 amide bonds. The van der Waals surface area contributed by atoms with Gasteiger partial charge in [-0.2, -0.15) is 0 Å². The number of methoxy groups -OCH3 is 1. The Kier molecular flexibility index (Phi) is 3.05. The van der Waals surface area contributed by atoms with Crippen LogP contribution in [-0.2, 0) is 4.74 Å². The maximum absolute atomic E-state index is 6.14. The van der Waals surface area contributed by atoms with Crippen molar-refractivity contribution in [2.45, 2.75) is 12.5 Å². The average Bonchev–Trinajstić information content (AvgIpc) is 2.88. The summed E-state index contributed by atoms with van der Waals surface area (Å²) in [5, 5.41) is 1.99. The van der Waals surface area contributed by atoms with Crippen LogP contribution < -0.4 is 10.5 Å². The van der Waals surface area contributed by atoms with Crippen molar-refractivity contribution in [3.05, 3.63) is 16.3 Å². The molecule has 1 aliphatic rings. The van der Waals surface area contributed by atoms with E-state index in [0.29, 0.717) is 5.92 Å². The van der Waals surface area contributed by atoms with Gasteiger partial charge < -0.3 is 15.2 Å². The van der Waals surface area contributed by atoms with Gasteiger partial charge in [0.15, 0.2) is 0 Å². The largest absolute Gasteiger partial charge is 0.496 e. The maximum atomic E-state index is 6.14. The van der Waals surface area contributed by atoms with Gasteiger partial charge in [0.05, 0.1) is 13.7 Å². The standard InChI is InChI=1S/C10H15NO2S/c1-12-8-4-9(14-6-8)10(11)7-2-3-13-5-7/h4,6-7,10H,2-3,5,11H2,1H3. The molecule has 0 spiro atoms. The molecule has 2 atom stereocenters. The minimum atomic E-state index is 0.103. The third kappa shape index (κ3) is 1.92. The Morgan fingerprint density at radius 1 is 1.71 bits per heavy atom. The summed E-state index contributed by atoms with van der Waals surface area (Å²) in [6.45, 7) is 1.64. The van der Waals surface area contributed by atoms with E-state index < -0.39 is 0 Å². The second-order valence-corrected chi connectivity index (χ2v) is 4.48. The first-order chi connectivity index (χ1) is 6.81. The zero-order valence-corrected chi connectivity index (χ0v) is 9.05. The van der Waals surface area contributed by atoms with Crippen LogP contribution in [-0.4, -0.2) is 20.3 Å². The van der Waals surface area contributed by atoms with Crippen LogP contribution in [0, 0.1) is 5.92 Å². The first-order valence-corrected chi connectivity index (χ1v) is 5.65. The lowest BCUT2D eigenvalue weighted by Crippen LogP contribution is -2.20. The van der Waals surface area contributed by atoms with Crippen molar-refractivity contribution in [3.8, 4) is 5.75 Å². The SMILES string of the molecule is COc1csc(C(N)C2CCOC2)c1. The van der Waals surface area contributed by atoms with Gasteiger partial charge in [0.2, 0.25) is 0 Å². The molecule has 4 heteroatoms. The van der Waals surface area contributed by atoms with Gasteiger partial charge in [0.1, 0.15) is 5.75 Å². The Balaban J connectivity index is 2.05. The number of rotatable bonds is 3. The van der Waals surface area contributed by atoms with Crippen molar-refractivity contribution in [1.82, 2.24) is 0 Å². The quantitative estimate of drug-likeness (QED) is 0.832. The molecule has 2 heterocycles. The molecular formula is C10H15NO2S. The molecule has 78 valence electrons. The highest BCUT2D eigenvalue weighted by atomic mass is 32.1. The molecule has 3 nitrogen and oxygen atoms in total. The summed E-state index contributed by atoms with van der Waals surface area (Å²) < 4.78 is 10.5. The highest BCUT2D eigenvalue weighted by Crippen LogP contribution is 2.32. The van der Waals surface area contributed by atoms with Crippen molar-refractivity contribution < 1.29 is 9.47 Å². The molecule has 2 unspecified atom stereocenters. The van der Waals surface area contributed by atoms with Gasteiger partial charge in [0.25, 0.3) is 0 Å². The molecule has 0 radical (unpaired) electrons. The Labute approximate surface area is 87.8 Å². The van der Waals surface area contributed by atoms with E-state index >= 15 is 0 Å². The zero-order chi connectivity index (χ0) is 9.97. The van der Waals surface area contributed by atoms with Crippen molar-refractivity contribution >= 4 is 11.3 Å².